The van der Waals surface area contributed by atoms with Crippen LogP contribution in [0.4, 0.5) is 0 Å². The van der Waals surface area contributed by atoms with Crippen LogP contribution in [-0.4, -0.2) is 18.7 Å². The lowest BCUT2D eigenvalue weighted by Gasteiger charge is -2.21. The molecule has 0 saturated carbocycles. The minimum atomic E-state index is 0.573. The van der Waals surface area contributed by atoms with Gasteiger partial charge in [0.15, 0.2) is 0 Å². The first kappa shape index (κ1) is 8.24. The molecule has 0 radical (unpaired) electrons. The van der Waals surface area contributed by atoms with E-state index in [1.807, 2.05) is 30.3 Å². The van der Waals surface area contributed by atoms with E-state index in [1.54, 1.807) is 7.05 Å². The van der Waals surface area contributed by atoms with Crippen molar-refractivity contribution in [2.24, 2.45) is 0 Å². The highest BCUT2D eigenvalue weighted by molar-refractivity contribution is 5.14. The molecule has 1 rings (SSSR count). The molecule has 2 nitrogen and oxygen atoms in total. The number of rotatable bonds is 3. The molecule has 0 atom stereocenters. The summed E-state index contributed by atoms with van der Waals surface area (Å²) in [6, 6.07) is 10.0. The van der Waals surface area contributed by atoms with Gasteiger partial charge in [0.1, 0.15) is 0 Å². The Balaban J connectivity index is 2.39. The Hall–Kier alpha value is -0.860. The Morgan fingerprint density at radius 1 is 1.27 bits per heavy atom. The minimum Gasteiger partial charge on any atom is -0.785 e. The van der Waals surface area contributed by atoms with Gasteiger partial charge in [-0.1, -0.05) is 30.3 Å². The molecule has 0 aliphatic rings. The molecule has 1 aromatic carbocycles. The summed E-state index contributed by atoms with van der Waals surface area (Å²) in [4.78, 5) is 0. The van der Waals surface area contributed by atoms with E-state index in [1.165, 1.54) is 5.56 Å². The highest BCUT2D eigenvalue weighted by atomic mass is 16.5. The molecule has 0 bridgehead atoms. The topological polar surface area (TPSA) is 26.3 Å². The Kier molecular flexibility index (Phi) is 3.08. The molecule has 0 aromatic heterocycles. The van der Waals surface area contributed by atoms with Gasteiger partial charge in [-0.05, 0) is 25.6 Å². The minimum absolute atomic E-state index is 0.573. The van der Waals surface area contributed by atoms with E-state index in [0.29, 0.717) is 6.54 Å². The normalized spacial score (nSPS) is 10.5. The summed E-state index contributed by atoms with van der Waals surface area (Å²) in [6.07, 6.45) is 0.834. The van der Waals surface area contributed by atoms with E-state index < -0.39 is 0 Å². The van der Waals surface area contributed by atoms with Crippen molar-refractivity contribution in [3.8, 4) is 0 Å². The first-order chi connectivity index (χ1) is 5.29. The van der Waals surface area contributed by atoms with Gasteiger partial charge in [0.25, 0.3) is 0 Å². The molecule has 0 amide bonds. The second-order valence-electron chi connectivity index (χ2n) is 2.59. The third kappa shape index (κ3) is 3.16. The molecule has 0 spiro atoms. The van der Waals surface area contributed by atoms with Crippen molar-refractivity contribution >= 4 is 0 Å². The Labute approximate surface area is 67.0 Å². The fourth-order valence-electron chi connectivity index (χ4n) is 0.931. The maximum Gasteiger partial charge on any atom is -0.0105 e. The van der Waals surface area contributed by atoms with Crippen LogP contribution in [-0.2, 0) is 6.42 Å². The van der Waals surface area contributed by atoms with Crippen LogP contribution in [0.25, 0.3) is 0 Å². The Morgan fingerprint density at radius 2 is 1.91 bits per heavy atom. The first-order valence-corrected chi connectivity index (χ1v) is 3.71. The molecule has 11 heavy (non-hydrogen) atoms. The zero-order chi connectivity index (χ0) is 8.10. The molecular formula is C9H12NO-. The highest BCUT2D eigenvalue weighted by Gasteiger charge is 1.88. The van der Waals surface area contributed by atoms with E-state index in [2.05, 4.69) is 0 Å². The van der Waals surface area contributed by atoms with Gasteiger partial charge < -0.3 is 10.3 Å². The van der Waals surface area contributed by atoms with Crippen molar-refractivity contribution in [3.63, 3.8) is 0 Å². The molecule has 0 saturated heterocycles. The number of benzene rings is 1. The van der Waals surface area contributed by atoms with E-state index in [4.69, 9.17) is 0 Å². The van der Waals surface area contributed by atoms with Gasteiger partial charge in [0, 0.05) is 0 Å². The standard InChI is InChI=1S/C9H12NO/c1-10(11)8-7-9-5-3-2-4-6-9/h2-6H,7-8H2,1H3/q-1. The largest absolute Gasteiger partial charge is 0.785 e. The summed E-state index contributed by atoms with van der Waals surface area (Å²) in [5.74, 6) is 0. The SMILES string of the molecule is CN([O-])CCc1ccccc1. The van der Waals surface area contributed by atoms with Crippen LogP contribution in [0.5, 0.6) is 0 Å². The van der Waals surface area contributed by atoms with Crippen LogP contribution in [0.2, 0.25) is 0 Å². The molecule has 0 aliphatic carbocycles. The van der Waals surface area contributed by atoms with Gasteiger partial charge in [0.05, 0.1) is 0 Å². The maximum atomic E-state index is 10.5. The smallest absolute Gasteiger partial charge is 0.0105 e. The van der Waals surface area contributed by atoms with E-state index in [9.17, 15) is 5.21 Å². The summed E-state index contributed by atoms with van der Waals surface area (Å²) >= 11 is 0. The lowest BCUT2D eigenvalue weighted by atomic mass is 10.1. The Bertz CT molecular complexity index is 196. The monoisotopic (exact) mass is 150 g/mol. The van der Waals surface area contributed by atoms with Gasteiger partial charge in [-0.3, -0.25) is 0 Å². The predicted octanol–water partition coefficient (Wildman–Crippen LogP) is 1.66. The molecular weight excluding hydrogens is 138 g/mol. The lowest BCUT2D eigenvalue weighted by molar-refractivity contribution is 0.463. The summed E-state index contributed by atoms with van der Waals surface area (Å²) in [6.45, 7) is 0.573. The summed E-state index contributed by atoms with van der Waals surface area (Å²) in [5, 5.41) is 11.5. The first-order valence-electron chi connectivity index (χ1n) is 3.71. The summed E-state index contributed by atoms with van der Waals surface area (Å²) < 4.78 is 0. The van der Waals surface area contributed by atoms with Crippen LogP contribution in [0, 0.1) is 5.21 Å². The van der Waals surface area contributed by atoms with Crippen molar-refractivity contribution in [3.05, 3.63) is 41.1 Å². The van der Waals surface area contributed by atoms with E-state index in [-0.39, 0.29) is 0 Å². The molecule has 0 aliphatic heterocycles. The number of likely N-dealkylation sites (N-methyl/N-ethyl adjacent to an activating group) is 1. The Morgan fingerprint density at radius 3 is 2.45 bits per heavy atom. The van der Waals surface area contributed by atoms with Gasteiger partial charge >= 0.3 is 0 Å². The third-order valence-electron chi connectivity index (χ3n) is 1.56. The molecule has 0 fully saturated rings. The van der Waals surface area contributed by atoms with Crippen molar-refractivity contribution in [1.82, 2.24) is 5.06 Å². The van der Waals surface area contributed by atoms with Crippen molar-refractivity contribution < 1.29 is 0 Å². The zero-order valence-electron chi connectivity index (χ0n) is 6.66. The van der Waals surface area contributed by atoms with Crippen molar-refractivity contribution in [2.75, 3.05) is 13.6 Å². The predicted molar refractivity (Wildman–Crippen MR) is 46.1 cm³/mol. The van der Waals surface area contributed by atoms with Crippen LogP contribution in [0.3, 0.4) is 0 Å². The number of hydroxylamine groups is 2. The average Bonchev–Trinajstić information content (AvgIpc) is 2.03. The van der Waals surface area contributed by atoms with Gasteiger partial charge in [0.2, 0.25) is 0 Å². The van der Waals surface area contributed by atoms with Gasteiger partial charge in [-0.25, -0.2) is 0 Å². The van der Waals surface area contributed by atoms with Crippen LogP contribution in [0.1, 0.15) is 5.56 Å². The van der Waals surface area contributed by atoms with Crippen LogP contribution >= 0.6 is 0 Å². The quantitative estimate of drug-likeness (QED) is 0.612. The number of hydrogen-bond donors (Lipinski definition) is 0. The van der Waals surface area contributed by atoms with Crippen molar-refractivity contribution in [2.45, 2.75) is 6.42 Å². The number of nitrogens with zero attached hydrogens (tertiary/aromatic N) is 1. The molecule has 1 aromatic rings. The molecule has 2 heteroatoms. The molecule has 0 N–H and O–H groups in total. The second kappa shape index (κ2) is 4.11. The lowest BCUT2D eigenvalue weighted by Crippen LogP contribution is -2.12. The highest BCUT2D eigenvalue weighted by Crippen LogP contribution is 1.99. The van der Waals surface area contributed by atoms with Gasteiger partial charge in [-0.2, -0.15) is 0 Å². The van der Waals surface area contributed by atoms with E-state index in [0.717, 1.165) is 11.5 Å². The third-order valence-corrected chi connectivity index (χ3v) is 1.56. The average molecular weight is 150 g/mol. The fourth-order valence-corrected chi connectivity index (χ4v) is 0.931. The maximum absolute atomic E-state index is 10.5. The van der Waals surface area contributed by atoms with Gasteiger partial charge in [-0.15, -0.1) is 0 Å². The second-order valence-corrected chi connectivity index (χ2v) is 2.59. The summed E-state index contributed by atoms with van der Waals surface area (Å²) in [5.41, 5.74) is 1.22. The molecule has 0 unspecified atom stereocenters. The van der Waals surface area contributed by atoms with Crippen molar-refractivity contribution in [1.29, 1.82) is 0 Å². The van der Waals surface area contributed by atoms with Crippen LogP contribution < -0.4 is 0 Å². The van der Waals surface area contributed by atoms with E-state index >= 15 is 0 Å². The fraction of sp³-hybridized carbons (Fsp3) is 0.333. The zero-order valence-corrected chi connectivity index (χ0v) is 6.66. The summed E-state index contributed by atoms with van der Waals surface area (Å²) in [7, 11) is 1.54. The molecule has 0 heterocycles. The molecule has 60 valence electrons. The van der Waals surface area contributed by atoms with Crippen LogP contribution in [0.15, 0.2) is 30.3 Å². The number of hydrogen-bond acceptors (Lipinski definition) is 2.